The Morgan fingerprint density at radius 1 is 1.38 bits per heavy atom. The van der Waals surface area contributed by atoms with Gasteiger partial charge in [-0.15, -0.1) is 11.3 Å². The molecule has 2 aromatic heterocycles. The van der Waals surface area contributed by atoms with Crippen LogP contribution >= 0.6 is 11.3 Å². The number of hydrogen-bond donors (Lipinski definition) is 2. The van der Waals surface area contributed by atoms with Crippen molar-refractivity contribution in [2.45, 2.75) is 31.0 Å². The SMILES string of the molecule is CCNCCc1ccc(S(=O)(=O)NCc2ncc(C)o2)s1. The van der Waals surface area contributed by atoms with E-state index in [9.17, 15) is 8.42 Å². The van der Waals surface area contributed by atoms with E-state index in [0.717, 1.165) is 24.4 Å². The molecule has 2 rings (SSSR count). The number of aryl methyl sites for hydroxylation is 1. The molecule has 0 saturated heterocycles. The lowest BCUT2D eigenvalue weighted by Gasteiger charge is -2.02. The molecule has 0 spiro atoms. The summed E-state index contributed by atoms with van der Waals surface area (Å²) in [5.41, 5.74) is 0. The highest BCUT2D eigenvalue weighted by Gasteiger charge is 2.17. The van der Waals surface area contributed by atoms with Crippen LogP contribution in [0.15, 0.2) is 27.0 Å². The molecular formula is C13H19N3O3S2. The van der Waals surface area contributed by atoms with E-state index >= 15 is 0 Å². The molecule has 0 aromatic carbocycles. The van der Waals surface area contributed by atoms with Crippen molar-refractivity contribution in [2.75, 3.05) is 13.1 Å². The van der Waals surface area contributed by atoms with E-state index in [2.05, 4.69) is 15.0 Å². The summed E-state index contributed by atoms with van der Waals surface area (Å²) in [6, 6.07) is 3.49. The van der Waals surface area contributed by atoms with Gasteiger partial charge in [0.15, 0.2) is 0 Å². The van der Waals surface area contributed by atoms with Crippen molar-refractivity contribution in [3.63, 3.8) is 0 Å². The quantitative estimate of drug-likeness (QED) is 0.720. The summed E-state index contributed by atoms with van der Waals surface area (Å²) in [7, 11) is -3.51. The van der Waals surface area contributed by atoms with Crippen molar-refractivity contribution >= 4 is 21.4 Å². The van der Waals surface area contributed by atoms with Crippen LogP contribution in [0.3, 0.4) is 0 Å². The Balaban J connectivity index is 1.95. The standard InChI is InChI=1S/C13H19N3O3S2/c1-3-14-7-6-11-4-5-13(20-11)21(17,18)16-9-12-15-8-10(2)19-12/h4-5,8,14,16H,3,6-7,9H2,1-2H3. The van der Waals surface area contributed by atoms with E-state index in [0.29, 0.717) is 15.9 Å². The van der Waals surface area contributed by atoms with Gasteiger partial charge >= 0.3 is 0 Å². The lowest BCUT2D eigenvalue weighted by molar-refractivity contribution is 0.463. The van der Waals surface area contributed by atoms with Crippen LogP contribution in [0.1, 0.15) is 23.5 Å². The topological polar surface area (TPSA) is 84.2 Å². The zero-order valence-corrected chi connectivity index (χ0v) is 13.7. The Labute approximate surface area is 128 Å². The van der Waals surface area contributed by atoms with Crippen molar-refractivity contribution in [3.8, 4) is 0 Å². The third kappa shape index (κ3) is 4.63. The first-order valence-electron chi connectivity index (χ1n) is 6.71. The Kier molecular flexibility index (Phi) is 5.51. The third-order valence-electron chi connectivity index (χ3n) is 2.78. The highest BCUT2D eigenvalue weighted by atomic mass is 32.2. The summed E-state index contributed by atoms with van der Waals surface area (Å²) < 4.78 is 32.4. The van der Waals surface area contributed by atoms with Gasteiger partial charge in [0, 0.05) is 4.88 Å². The Bertz CT molecular complexity index is 676. The molecule has 2 aromatic rings. The van der Waals surface area contributed by atoms with Gasteiger partial charge in [-0.2, -0.15) is 0 Å². The predicted octanol–water partition coefficient (Wildman–Crippen LogP) is 1.68. The maximum atomic E-state index is 12.2. The lowest BCUT2D eigenvalue weighted by Crippen LogP contribution is -2.22. The average Bonchev–Trinajstić information content (AvgIpc) is 3.06. The molecule has 2 N–H and O–H groups in total. The second-order valence-electron chi connectivity index (χ2n) is 4.51. The van der Waals surface area contributed by atoms with Crippen LogP contribution in [0.25, 0.3) is 0 Å². The number of nitrogens with zero attached hydrogens (tertiary/aromatic N) is 1. The number of oxazole rings is 1. The zero-order chi connectivity index (χ0) is 15.3. The number of hydrogen-bond acceptors (Lipinski definition) is 6. The molecule has 0 amide bonds. The Morgan fingerprint density at radius 3 is 2.86 bits per heavy atom. The molecule has 0 atom stereocenters. The molecule has 0 saturated carbocycles. The first-order valence-corrected chi connectivity index (χ1v) is 9.01. The maximum absolute atomic E-state index is 12.2. The first kappa shape index (κ1) is 16.2. The summed E-state index contributed by atoms with van der Waals surface area (Å²) in [5, 5.41) is 3.21. The largest absolute Gasteiger partial charge is 0.445 e. The fourth-order valence-corrected chi connectivity index (χ4v) is 4.11. The number of nitrogens with one attached hydrogen (secondary N) is 2. The van der Waals surface area contributed by atoms with Crippen LogP contribution < -0.4 is 10.0 Å². The van der Waals surface area contributed by atoms with E-state index in [4.69, 9.17) is 4.42 Å². The molecule has 0 fully saturated rings. The number of thiophene rings is 1. The second kappa shape index (κ2) is 7.17. The molecule has 21 heavy (non-hydrogen) atoms. The molecule has 116 valence electrons. The molecule has 8 heteroatoms. The van der Waals surface area contributed by atoms with Crippen LogP contribution in [-0.2, 0) is 23.0 Å². The number of aromatic nitrogens is 1. The zero-order valence-electron chi connectivity index (χ0n) is 12.0. The predicted molar refractivity (Wildman–Crippen MR) is 81.8 cm³/mol. The summed E-state index contributed by atoms with van der Waals surface area (Å²) in [5.74, 6) is 1.02. The first-order chi connectivity index (χ1) is 10.0. The molecule has 2 heterocycles. The lowest BCUT2D eigenvalue weighted by atomic mass is 10.3. The number of sulfonamides is 1. The van der Waals surface area contributed by atoms with Gasteiger partial charge < -0.3 is 9.73 Å². The average molecular weight is 329 g/mol. The van der Waals surface area contributed by atoms with Crippen LogP contribution in [0.2, 0.25) is 0 Å². The number of likely N-dealkylation sites (N-methyl/N-ethyl adjacent to an activating group) is 1. The van der Waals surface area contributed by atoms with Crippen LogP contribution in [0, 0.1) is 6.92 Å². The Morgan fingerprint density at radius 2 is 2.19 bits per heavy atom. The molecule has 6 nitrogen and oxygen atoms in total. The molecule has 0 bridgehead atoms. The molecular weight excluding hydrogens is 310 g/mol. The molecule has 0 aliphatic rings. The van der Waals surface area contributed by atoms with Crippen molar-refractivity contribution < 1.29 is 12.8 Å². The molecule has 0 aliphatic heterocycles. The maximum Gasteiger partial charge on any atom is 0.250 e. The Hall–Kier alpha value is -1.22. The van der Waals surface area contributed by atoms with Crippen molar-refractivity contribution in [3.05, 3.63) is 34.9 Å². The van der Waals surface area contributed by atoms with Gasteiger partial charge in [0.1, 0.15) is 9.97 Å². The fraction of sp³-hybridized carbons (Fsp3) is 0.462. The molecule has 0 unspecified atom stereocenters. The van der Waals surface area contributed by atoms with Gasteiger partial charge in [0.25, 0.3) is 10.0 Å². The van der Waals surface area contributed by atoms with Gasteiger partial charge in [-0.1, -0.05) is 6.92 Å². The van der Waals surface area contributed by atoms with Gasteiger partial charge in [-0.05, 0) is 38.6 Å². The second-order valence-corrected chi connectivity index (χ2v) is 7.68. The minimum atomic E-state index is -3.51. The van der Waals surface area contributed by atoms with E-state index < -0.39 is 10.0 Å². The molecule has 0 aliphatic carbocycles. The van der Waals surface area contributed by atoms with Crippen LogP contribution in [-0.4, -0.2) is 26.5 Å². The fourth-order valence-electron chi connectivity index (χ4n) is 1.74. The molecule has 0 radical (unpaired) electrons. The summed E-state index contributed by atoms with van der Waals surface area (Å²) >= 11 is 1.29. The van der Waals surface area contributed by atoms with Gasteiger partial charge in [0.05, 0.1) is 12.7 Å². The summed E-state index contributed by atoms with van der Waals surface area (Å²) in [6.45, 7) is 5.62. The summed E-state index contributed by atoms with van der Waals surface area (Å²) in [4.78, 5) is 5.01. The van der Waals surface area contributed by atoms with Crippen molar-refractivity contribution in [1.82, 2.24) is 15.0 Å². The normalized spacial score (nSPS) is 11.9. The van der Waals surface area contributed by atoms with Gasteiger partial charge in [0.2, 0.25) is 5.89 Å². The van der Waals surface area contributed by atoms with Crippen LogP contribution in [0.4, 0.5) is 0 Å². The van der Waals surface area contributed by atoms with E-state index in [1.54, 1.807) is 19.2 Å². The summed E-state index contributed by atoms with van der Waals surface area (Å²) in [6.07, 6.45) is 2.39. The van der Waals surface area contributed by atoms with Gasteiger partial charge in [-0.3, -0.25) is 0 Å². The minimum absolute atomic E-state index is 0.0563. The van der Waals surface area contributed by atoms with E-state index in [1.807, 2.05) is 13.0 Å². The van der Waals surface area contributed by atoms with E-state index in [1.165, 1.54) is 11.3 Å². The monoisotopic (exact) mass is 329 g/mol. The third-order valence-corrected chi connectivity index (χ3v) is 5.82. The smallest absolute Gasteiger partial charge is 0.250 e. The highest BCUT2D eigenvalue weighted by Crippen LogP contribution is 2.22. The van der Waals surface area contributed by atoms with Crippen LogP contribution in [0.5, 0.6) is 0 Å². The van der Waals surface area contributed by atoms with Crippen molar-refractivity contribution in [1.29, 1.82) is 0 Å². The number of rotatable bonds is 8. The minimum Gasteiger partial charge on any atom is -0.445 e. The van der Waals surface area contributed by atoms with E-state index in [-0.39, 0.29) is 6.54 Å². The highest BCUT2D eigenvalue weighted by molar-refractivity contribution is 7.91. The van der Waals surface area contributed by atoms with Crippen molar-refractivity contribution in [2.24, 2.45) is 0 Å². The van der Waals surface area contributed by atoms with Gasteiger partial charge in [-0.25, -0.2) is 18.1 Å².